The minimum absolute atomic E-state index is 0.0622. The normalized spacial score (nSPS) is 11.0. The molecule has 0 atom stereocenters. The largest absolute Gasteiger partial charge is 0.507 e. The van der Waals surface area contributed by atoms with Gasteiger partial charge in [0, 0.05) is 6.54 Å². The van der Waals surface area contributed by atoms with E-state index >= 15 is 0 Å². The van der Waals surface area contributed by atoms with E-state index in [0.29, 0.717) is 12.1 Å². The first-order valence-corrected chi connectivity index (χ1v) is 4.01. The van der Waals surface area contributed by atoms with Crippen LogP contribution in [0.25, 0.3) is 6.08 Å². The molecule has 0 spiro atoms. The predicted octanol–water partition coefficient (Wildman–Crippen LogP) is 1.81. The minimum atomic E-state index is -0.398. The number of hydrogen-bond donors (Lipinski definition) is 2. The summed E-state index contributed by atoms with van der Waals surface area (Å²) in [6, 6.07) is 3.00. The van der Waals surface area contributed by atoms with Crippen LogP contribution in [0.5, 0.6) is 5.75 Å². The average Bonchev–Trinajstić information content (AvgIpc) is 2.12. The molecule has 1 aromatic rings. The van der Waals surface area contributed by atoms with Gasteiger partial charge in [0.1, 0.15) is 11.6 Å². The van der Waals surface area contributed by atoms with Crippen LogP contribution in [0, 0.1) is 12.7 Å². The van der Waals surface area contributed by atoms with E-state index in [-0.39, 0.29) is 11.3 Å². The van der Waals surface area contributed by atoms with Crippen LogP contribution in [-0.2, 0) is 0 Å². The average molecular weight is 181 g/mol. The van der Waals surface area contributed by atoms with E-state index in [2.05, 4.69) is 0 Å². The van der Waals surface area contributed by atoms with Gasteiger partial charge in [-0.2, -0.15) is 0 Å². The number of rotatable bonds is 2. The fourth-order valence-corrected chi connectivity index (χ4v) is 1.04. The fourth-order valence-electron chi connectivity index (χ4n) is 1.04. The van der Waals surface area contributed by atoms with E-state index in [1.807, 2.05) is 0 Å². The van der Waals surface area contributed by atoms with Crippen LogP contribution in [0.3, 0.4) is 0 Å². The van der Waals surface area contributed by atoms with Crippen molar-refractivity contribution < 1.29 is 9.50 Å². The predicted molar refractivity (Wildman–Crippen MR) is 50.9 cm³/mol. The summed E-state index contributed by atoms with van der Waals surface area (Å²) in [5.41, 5.74) is 5.93. The molecule has 0 saturated carbocycles. The van der Waals surface area contributed by atoms with Gasteiger partial charge >= 0.3 is 0 Å². The molecule has 3 heteroatoms. The van der Waals surface area contributed by atoms with Gasteiger partial charge in [-0.05, 0) is 18.6 Å². The Morgan fingerprint density at radius 2 is 2.23 bits per heavy atom. The van der Waals surface area contributed by atoms with Crippen molar-refractivity contribution in [3.8, 4) is 5.75 Å². The molecule has 0 heterocycles. The first kappa shape index (κ1) is 9.74. The van der Waals surface area contributed by atoms with Crippen molar-refractivity contribution in [2.75, 3.05) is 6.54 Å². The third-order valence-electron chi connectivity index (χ3n) is 1.77. The lowest BCUT2D eigenvalue weighted by molar-refractivity contribution is 0.466. The van der Waals surface area contributed by atoms with Gasteiger partial charge in [0.2, 0.25) is 0 Å². The number of nitrogens with two attached hydrogens (primary N) is 1. The molecule has 0 unspecified atom stereocenters. The molecule has 0 aromatic heterocycles. The Bertz CT molecular complexity index is 334. The molecule has 0 saturated heterocycles. The number of aryl methyl sites for hydroxylation is 1. The second-order valence-corrected chi connectivity index (χ2v) is 2.77. The maximum atomic E-state index is 13.3. The van der Waals surface area contributed by atoms with Gasteiger partial charge in [0.25, 0.3) is 0 Å². The van der Waals surface area contributed by atoms with E-state index in [1.165, 1.54) is 18.2 Å². The molecule has 0 aliphatic rings. The van der Waals surface area contributed by atoms with E-state index in [0.717, 1.165) is 0 Å². The Hall–Kier alpha value is -1.35. The molecule has 1 aromatic carbocycles. The van der Waals surface area contributed by atoms with Gasteiger partial charge in [-0.3, -0.25) is 0 Å². The zero-order valence-electron chi connectivity index (χ0n) is 7.42. The SMILES string of the molecule is Cc1ccc(O)c(/C=C/CN)c1F. The molecule has 13 heavy (non-hydrogen) atoms. The standard InChI is InChI=1S/C10H12FNO/c1-7-4-5-9(13)8(10(7)11)3-2-6-12/h2-5,13H,6,12H2,1H3/b3-2+. The Labute approximate surface area is 76.5 Å². The van der Waals surface area contributed by atoms with Crippen LogP contribution in [0.2, 0.25) is 0 Å². The Kier molecular flexibility index (Phi) is 3.03. The maximum absolute atomic E-state index is 13.3. The molecule has 0 amide bonds. The highest BCUT2D eigenvalue weighted by atomic mass is 19.1. The van der Waals surface area contributed by atoms with E-state index in [9.17, 15) is 9.50 Å². The number of aromatic hydroxyl groups is 1. The molecule has 0 radical (unpaired) electrons. The lowest BCUT2D eigenvalue weighted by Crippen LogP contribution is -1.93. The summed E-state index contributed by atoms with van der Waals surface area (Å²) in [6.07, 6.45) is 3.08. The highest BCUT2D eigenvalue weighted by Gasteiger charge is 2.06. The third-order valence-corrected chi connectivity index (χ3v) is 1.77. The van der Waals surface area contributed by atoms with Crippen LogP contribution < -0.4 is 5.73 Å². The quantitative estimate of drug-likeness (QED) is 0.730. The van der Waals surface area contributed by atoms with Gasteiger partial charge in [-0.25, -0.2) is 4.39 Å². The second-order valence-electron chi connectivity index (χ2n) is 2.77. The molecule has 0 fully saturated rings. The summed E-state index contributed by atoms with van der Waals surface area (Å²) >= 11 is 0. The molecule has 2 nitrogen and oxygen atoms in total. The van der Waals surface area contributed by atoms with Crippen LogP contribution in [0.4, 0.5) is 4.39 Å². The lowest BCUT2D eigenvalue weighted by Gasteiger charge is -2.03. The number of benzene rings is 1. The van der Waals surface area contributed by atoms with Gasteiger partial charge < -0.3 is 10.8 Å². The summed E-state index contributed by atoms with van der Waals surface area (Å²) in [7, 11) is 0. The van der Waals surface area contributed by atoms with Gasteiger partial charge in [-0.15, -0.1) is 0 Å². The van der Waals surface area contributed by atoms with Crippen molar-refractivity contribution in [2.45, 2.75) is 6.92 Å². The zero-order valence-corrected chi connectivity index (χ0v) is 7.42. The molecule has 1 rings (SSSR count). The first-order chi connectivity index (χ1) is 6.16. The first-order valence-electron chi connectivity index (χ1n) is 4.01. The number of phenols is 1. The van der Waals surface area contributed by atoms with Crippen molar-refractivity contribution in [3.63, 3.8) is 0 Å². The molecule has 3 N–H and O–H groups in total. The Balaban J connectivity index is 3.17. The minimum Gasteiger partial charge on any atom is -0.507 e. The summed E-state index contributed by atoms with van der Waals surface area (Å²) in [5, 5.41) is 9.31. The summed E-state index contributed by atoms with van der Waals surface area (Å²) < 4.78 is 13.3. The van der Waals surface area contributed by atoms with Crippen LogP contribution >= 0.6 is 0 Å². The molecule has 0 aliphatic carbocycles. The Morgan fingerprint density at radius 1 is 1.54 bits per heavy atom. The summed E-state index contributed by atoms with van der Waals surface area (Å²) in [6.45, 7) is 1.97. The number of phenolic OH excluding ortho intramolecular Hbond substituents is 1. The molecule has 0 aliphatic heterocycles. The summed E-state index contributed by atoms with van der Waals surface area (Å²) in [4.78, 5) is 0. The van der Waals surface area contributed by atoms with Gasteiger partial charge in [0.05, 0.1) is 5.56 Å². The number of hydrogen-bond acceptors (Lipinski definition) is 2. The summed E-state index contributed by atoms with van der Waals surface area (Å²) in [5.74, 6) is -0.461. The second kappa shape index (κ2) is 4.05. The smallest absolute Gasteiger partial charge is 0.137 e. The zero-order chi connectivity index (χ0) is 9.84. The lowest BCUT2D eigenvalue weighted by atomic mass is 10.1. The van der Waals surface area contributed by atoms with E-state index in [1.54, 1.807) is 13.0 Å². The van der Waals surface area contributed by atoms with Crippen molar-refractivity contribution in [1.29, 1.82) is 0 Å². The number of halogens is 1. The van der Waals surface area contributed by atoms with Crippen molar-refractivity contribution >= 4 is 6.08 Å². The Morgan fingerprint density at radius 3 is 2.85 bits per heavy atom. The van der Waals surface area contributed by atoms with Crippen LogP contribution in [0.1, 0.15) is 11.1 Å². The maximum Gasteiger partial charge on any atom is 0.137 e. The fraction of sp³-hybridized carbons (Fsp3) is 0.200. The molecular weight excluding hydrogens is 169 g/mol. The van der Waals surface area contributed by atoms with Crippen molar-refractivity contribution in [3.05, 3.63) is 35.2 Å². The third kappa shape index (κ3) is 2.06. The van der Waals surface area contributed by atoms with Crippen molar-refractivity contribution in [2.24, 2.45) is 5.73 Å². The van der Waals surface area contributed by atoms with E-state index < -0.39 is 5.82 Å². The highest BCUT2D eigenvalue weighted by Crippen LogP contribution is 2.23. The van der Waals surface area contributed by atoms with E-state index in [4.69, 9.17) is 5.73 Å². The molecule has 70 valence electrons. The molecular formula is C10H12FNO. The topological polar surface area (TPSA) is 46.2 Å². The van der Waals surface area contributed by atoms with Crippen molar-refractivity contribution in [1.82, 2.24) is 0 Å². The monoisotopic (exact) mass is 181 g/mol. The van der Waals surface area contributed by atoms with Gasteiger partial charge in [-0.1, -0.05) is 18.2 Å². The van der Waals surface area contributed by atoms with Gasteiger partial charge in [0.15, 0.2) is 0 Å². The van der Waals surface area contributed by atoms with Crippen LogP contribution in [-0.4, -0.2) is 11.7 Å². The highest BCUT2D eigenvalue weighted by molar-refractivity contribution is 5.58. The van der Waals surface area contributed by atoms with Crippen LogP contribution in [0.15, 0.2) is 18.2 Å². The molecule has 0 bridgehead atoms.